The fourth-order valence-electron chi connectivity index (χ4n) is 3.17. The second-order valence-corrected chi connectivity index (χ2v) is 10.8. The molecule has 178 valence electrons. The van der Waals surface area contributed by atoms with Crippen molar-refractivity contribution in [3.8, 4) is 5.75 Å². The highest BCUT2D eigenvalue weighted by atomic mass is 32.2. The summed E-state index contributed by atoms with van der Waals surface area (Å²) in [5.41, 5.74) is -1.44. The number of halogens is 1. The number of carbonyl (C=O) groups is 2. The van der Waals surface area contributed by atoms with Crippen LogP contribution in [0.1, 0.15) is 34.6 Å². The molecule has 9 nitrogen and oxygen atoms in total. The molecule has 0 aliphatic carbocycles. The van der Waals surface area contributed by atoms with E-state index in [1.165, 1.54) is 41.3 Å². The van der Waals surface area contributed by atoms with Crippen LogP contribution < -0.4 is 19.7 Å². The summed E-state index contributed by atoms with van der Waals surface area (Å²) in [6.07, 6.45) is 0.138. The van der Waals surface area contributed by atoms with Crippen molar-refractivity contribution >= 4 is 44.8 Å². The molecule has 2 aromatic rings. The van der Waals surface area contributed by atoms with Crippen molar-refractivity contribution < 1.29 is 31.9 Å². The minimum atomic E-state index is -3.73. The number of rotatable bonds is 4. The topological polar surface area (TPSA) is 114 Å². The Bertz CT molecular complexity index is 1200. The van der Waals surface area contributed by atoms with Gasteiger partial charge in [0.05, 0.1) is 23.3 Å². The number of nitrogens with one attached hydrogen (secondary N) is 2. The van der Waals surface area contributed by atoms with Gasteiger partial charge in [-0.25, -0.2) is 17.6 Å². The van der Waals surface area contributed by atoms with Gasteiger partial charge in [-0.05, 0) is 65.0 Å². The van der Waals surface area contributed by atoms with Gasteiger partial charge in [-0.2, -0.15) is 0 Å². The Kier molecular flexibility index (Phi) is 6.05. The summed E-state index contributed by atoms with van der Waals surface area (Å²) in [4.78, 5) is 26.9. The number of ether oxygens (including phenoxy) is 2. The highest BCUT2D eigenvalue weighted by Gasteiger charge is 2.42. The summed E-state index contributed by atoms with van der Waals surface area (Å²) in [6, 6.07) is 8.05. The molecular formula is C22H26FN3O6S. The molecule has 2 amide bonds. The predicted molar refractivity (Wildman–Crippen MR) is 123 cm³/mol. The van der Waals surface area contributed by atoms with Crippen molar-refractivity contribution in [3.05, 3.63) is 42.2 Å². The number of hydrogen-bond donors (Lipinski definition) is 2. The first-order valence-corrected chi connectivity index (χ1v) is 11.9. The van der Waals surface area contributed by atoms with Crippen LogP contribution in [0, 0.1) is 5.82 Å². The van der Waals surface area contributed by atoms with Crippen LogP contribution in [0.25, 0.3) is 0 Å². The van der Waals surface area contributed by atoms with Gasteiger partial charge in [-0.3, -0.25) is 19.7 Å². The van der Waals surface area contributed by atoms with Gasteiger partial charge in [0.2, 0.25) is 10.0 Å². The molecule has 0 radical (unpaired) electrons. The predicted octanol–water partition coefficient (Wildman–Crippen LogP) is 4.38. The Morgan fingerprint density at radius 2 is 1.73 bits per heavy atom. The van der Waals surface area contributed by atoms with Gasteiger partial charge in [0.1, 0.15) is 17.2 Å². The minimum Gasteiger partial charge on any atom is -0.476 e. The molecule has 33 heavy (non-hydrogen) atoms. The lowest BCUT2D eigenvalue weighted by atomic mass is 10.0. The Morgan fingerprint density at radius 1 is 1.12 bits per heavy atom. The fraction of sp³-hybridized carbons (Fsp3) is 0.364. The summed E-state index contributed by atoms with van der Waals surface area (Å²) in [7, 11) is -3.73. The molecular weight excluding hydrogens is 453 g/mol. The second kappa shape index (κ2) is 8.22. The van der Waals surface area contributed by atoms with Crippen LogP contribution in [-0.4, -0.2) is 37.9 Å². The SMILES string of the molecule is CC(C)(C)OC(=O)Nc1cc2c(cc1NS(C)(=O)=O)OC(C)(C)C(=O)N2c1ccc(F)cc1. The van der Waals surface area contributed by atoms with Gasteiger partial charge in [0, 0.05) is 11.8 Å². The standard InChI is InChI=1S/C22H26FN3O6S/c1-21(2,3)32-20(28)24-15-11-17-18(12-16(15)25-33(6,29)30)31-22(4,5)19(27)26(17)14-9-7-13(23)8-10-14/h7-12,25H,1-6H3,(H,24,28). The maximum Gasteiger partial charge on any atom is 0.412 e. The molecule has 0 atom stereocenters. The Balaban J connectivity index is 2.17. The van der Waals surface area contributed by atoms with Crippen LogP contribution in [0.4, 0.5) is 31.9 Å². The molecule has 2 N–H and O–H groups in total. The average molecular weight is 480 g/mol. The number of nitrogens with zero attached hydrogens (tertiary/aromatic N) is 1. The first-order chi connectivity index (χ1) is 15.1. The molecule has 0 fully saturated rings. The monoisotopic (exact) mass is 479 g/mol. The summed E-state index contributed by atoms with van der Waals surface area (Å²) in [6.45, 7) is 8.16. The Hall–Kier alpha value is -3.34. The molecule has 11 heteroatoms. The van der Waals surface area contributed by atoms with Crippen LogP contribution in [0.5, 0.6) is 5.75 Å². The number of benzene rings is 2. The van der Waals surface area contributed by atoms with Crippen LogP contribution in [0.15, 0.2) is 36.4 Å². The van der Waals surface area contributed by atoms with Crippen molar-refractivity contribution in [2.24, 2.45) is 0 Å². The van der Waals surface area contributed by atoms with Crippen molar-refractivity contribution in [2.75, 3.05) is 21.2 Å². The minimum absolute atomic E-state index is 0.0197. The number of fused-ring (bicyclic) bond motifs is 1. The average Bonchev–Trinajstić information content (AvgIpc) is 2.62. The molecule has 2 aromatic carbocycles. The maximum atomic E-state index is 13.5. The van der Waals surface area contributed by atoms with E-state index in [2.05, 4.69) is 10.0 Å². The van der Waals surface area contributed by atoms with Crippen LogP contribution in [0.3, 0.4) is 0 Å². The zero-order valence-corrected chi connectivity index (χ0v) is 20.0. The first kappa shape index (κ1) is 24.3. The molecule has 0 saturated heterocycles. The van der Waals surface area contributed by atoms with E-state index in [1.807, 2.05) is 0 Å². The fourth-order valence-corrected chi connectivity index (χ4v) is 3.74. The Labute approximate surface area is 191 Å². The number of anilines is 4. The molecule has 0 bridgehead atoms. The van der Waals surface area contributed by atoms with E-state index in [0.717, 1.165) is 6.26 Å². The van der Waals surface area contributed by atoms with Gasteiger partial charge in [-0.1, -0.05) is 0 Å². The normalized spacial score (nSPS) is 15.4. The molecule has 0 unspecified atom stereocenters. The first-order valence-electron chi connectivity index (χ1n) is 10.0. The number of amides is 2. The summed E-state index contributed by atoms with van der Waals surface area (Å²) in [5.74, 6) is -0.725. The second-order valence-electron chi connectivity index (χ2n) is 9.10. The summed E-state index contributed by atoms with van der Waals surface area (Å²) >= 11 is 0. The molecule has 0 spiro atoms. The Morgan fingerprint density at radius 3 is 2.27 bits per heavy atom. The summed E-state index contributed by atoms with van der Waals surface area (Å²) < 4.78 is 50.8. The number of hydrogen-bond acceptors (Lipinski definition) is 6. The van der Waals surface area contributed by atoms with Gasteiger partial charge >= 0.3 is 6.09 Å². The summed E-state index contributed by atoms with van der Waals surface area (Å²) in [5, 5.41) is 2.51. The largest absolute Gasteiger partial charge is 0.476 e. The van der Waals surface area contributed by atoms with Crippen LogP contribution >= 0.6 is 0 Å². The number of sulfonamides is 1. The third-order valence-electron chi connectivity index (χ3n) is 4.44. The lowest BCUT2D eigenvalue weighted by Gasteiger charge is -2.39. The highest BCUT2D eigenvalue weighted by Crippen LogP contribution is 2.46. The van der Waals surface area contributed by atoms with Crippen molar-refractivity contribution in [1.29, 1.82) is 0 Å². The van der Waals surface area contributed by atoms with Crippen molar-refractivity contribution in [2.45, 2.75) is 45.8 Å². The zero-order chi connectivity index (χ0) is 24.8. The van der Waals surface area contributed by atoms with E-state index >= 15 is 0 Å². The molecule has 0 saturated carbocycles. The molecule has 3 rings (SSSR count). The van der Waals surface area contributed by atoms with Crippen molar-refractivity contribution in [1.82, 2.24) is 0 Å². The molecule has 1 aliphatic heterocycles. The number of carbonyl (C=O) groups excluding carboxylic acids is 2. The lowest BCUT2D eigenvalue weighted by Crippen LogP contribution is -2.50. The third kappa shape index (κ3) is 5.72. The highest BCUT2D eigenvalue weighted by molar-refractivity contribution is 7.92. The van der Waals surface area contributed by atoms with Gasteiger partial charge in [0.25, 0.3) is 5.91 Å². The van der Waals surface area contributed by atoms with E-state index in [9.17, 15) is 22.4 Å². The maximum absolute atomic E-state index is 13.5. The van der Waals surface area contributed by atoms with Crippen LogP contribution in [-0.2, 0) is 19.6 Å². The molecule has 0 aromatic heterocycles. The lowest BCUT2D eigenvalue weighted by molar-refractivity contribution is -0.131. The van der Waals surface area contributed by atoms with Gasteiger partial charge in [0.15, 0.2) is 5.60 Å². The van der Waals surface area contributed by atoms with E-state index in [1.54, 1.807) is 34.6 Å². The quantitative estimate of drug-likeness (QED) is 0.673. The third-order valence-corrected chi connectivity index (χ3v) is 5.03. The van der Waals surface area contributed by atoms with Gasteiger partial charge in [-0.15, -0.1) is 0 Å². The van der Waals surface area contributed by atoms with E-state index in [-0.39, 0.29) is 22.8 Å². The van der Waals surface area contributed by atoms with Crippen molar-refractivity contribution in [3.63, 3.8) is 0 Å². The molecule has 1 heterocycles. The van der Waals surface area contributed by atoms with E-state index < -0.39 is 39.0 Å². The van der Waals surface area contributed by atoms with Gasteiger partial charge < -0.3 is 9.47 Å². The van der Waals surface area contributed by atoms with E-state index in [4.69, 9.17) is 9.47 Å². The zero-order valence-electron chi connectivity index (χ0n) is 19.1. The smallest absolute Gasteiger partial charge is 0.412 e. The van der Waals surface area contributed by atoms with E-state index in [0.29, 0.717) is 5.69 Å². The van der Waals surface area contributed by atoms with Crippen LogP contribution in [0.2, 0.25) is 0 Å². The molecule has 1 aliphatic rings.